The number of fused-ring (bicyclic) bond motifs is 1. The van der Waals surface area contributed by atoms with Gasteiger partial charge in [-0.05, 0) is 62.0 Å². The van der Waals surface area contributed by atoms with Gasteiger partial charge in [0.25, 0.3) is 5.91 Å². The summed E-state index contributed by atoms with van der Waals surface area (Å²) in [5.74, 6) is 1.06. The summed E-state index contributed by atoms with van der Waals surface area (Å²) in [6.07, 6.45) is 0.858. The van der Waals surface area contributed by atoms with Crippen LogP contribution in [0, 0.1) is 0 Å². The molecule has 10 heteroatoms. The lowest BCUT2D eigenvalue weighted by atomic mass is 10.1. The highest BCUT2D eigenvalue weighted by atomic mass is 16.6. The number of nitrogens with zero attached hydrogens (tertiary/aromatic N) is 3. The predicted octanol–water partition coefficient (Wildman–Crippen LogP) is 3.96. The summed E-state index contributed by atoms with van der Waals surface area (Å²) in [4.78, 5) is 32.8. The minimum absolute atomic E-state index is 0.193. The van der Waals surface area contributed by atoms with E-state index in [0.29, 0.717) is 60.4 Å². The first-order chi connectivity index (χ1) is 19.9. The van der Waals surface area contributed by atoms with Crippen LogP contribution in [0.1, 0.15) is 22.3 Å². The van der Waals surface area contributed by atoms with Crippen molar-refractivity contribution >= 4 is 29.0 Å². The number of hydrogen-bond acceptors (Lipinski definition) is 7. The molecule has 2 aliphatic heterocycles. The number of carbonyl (C=O) groups excluding carboxylic acids is 2. The van der Waals surface area contributed by atoms with E-state index >= 15 is 0 Å². The summed E-state index contributed by atoms with van der Waals surface area (Å²) in [6.45, 7) is 7.14. The molecule has 2 aliphatic rings. The van der Waals surface area contributed by atoms with Gasteiger partial charge in [0.1, 0.15) is 13.2 Å². The molecule has 3 amide bonds. The number of carbonyl (C=O) groups is 2. The van der Waals surface area contributed by atoms with Crippen LogP contribution in [0.25, 0.3) is 0 Å². The molecule has 0 spiro atoms. The van der Waals surface area contributed by atoms with Crippen LogP contribution in [-0.2, 0) is 6.54 Å². The number of likely N-dealkylation sites (N-methyl/N-ethyl adjacent to an activating group) is 1. The van der Waals surface area contributed by atoms with Crippen molar-refractivity contribution in [2.24, 2.45) is 0 Å². The molecule has 0 atom stereocenters. The quantitative estimate of drug-likeness (QED) is 0.341. The van der Waals surface area contributed by atoms with Gasteiger partial charge in [-0.1, -0.05) is 24.3 Å². The van der Waals surface area contributed by atoms with E-state index in [1.807, 2.05) is 41.3 Å². The van der Waals surface area contributed by atoms with E-state index in [9.17, 15) is 9.59 Å². The number of benzene rings is 3. The average molecular weight is 559 g/mol. The normalized spacial score (nSPS) is 15.2. The molecule has 5 rings (SSSR count). The summed E-state index contributed by atoms with van der Waals surface area (Å²) in [6, 6.07) is 19.7. The molecule has 216 valence electrons. The SMILES string of the molecule is CN1CCN(CCCN(Cc2ccc(C(=O)Nc3ccccc3N)cc2)C(=O)Nc2ccc3c(c2)OCCO3)CC1. The molecule has 0 unspecified atom stereocenters. The molecular weight excluding hydrogens is 520 g/mol. The standard InChI is InChI=1S/C31H38N6O4/c1-35-15-17-36(18-16-35)13-4-14-37(31(39)33-25-11-12-28-29(21-25)41-20-19-40-28)22-23-7-9-24(10-8-23)30(38)34-27-6-3-2-5-26(27)32/h2-3,5-12,21H,4,13-20,22,32H2,1H3,(H,33,39)(H,34,38). The van der Waals surface area contributed by atoms with Crippen molar-refractivity contribution in [2.45, 2.75) is 13.0 Å². The Bertz CT molecular complexity index is 1340. The smallest absolute Gasteiger partial charge is 0.322 e. The zero-order chi connectivity index (χ0) is 28.6. The highest BCUT2D eigenvalue weighted by molar-refractivity contribution is 6.05. The van der Waals surface area contributed by atoms with Crippen LogP contribution >= 0.6 is 0 Å². The van der Waals surface area contributed by atoms with Crippen LogP contribution in [0.3, 0.4) is 0 Å². The van der Waals surface area contributed by atoms with Gasteiger partial charge in [-0.3, -0.25) is 4.79 Å². The Labute approximate surface area is 241 Å². The number of piperazine rings is 1. The van der Waals surface area contributed by atoms with Gasteiger partial charge < -0.3 is 40.5 Å². The zero-order valence-corrected chi connectivity index (χ0v) is 23.5. The Balaban J connectivity index is 1.23. The molecular formula is C31H38N6O4. The Kier molecular flexibility index (Phi) is 9.22. The lowest BCUT2D eigenvalue weighted by Crippen LogP contribution is -2.45. The van der Waals surface area contributed by atoms with Crippen molar-refractivity contribution in [3.8, 4) is 11.5 Å². The second-order valence-electron chi connectivity index (χ2n) is 10.4. The Morgan fingerprint density at radius 3 is 2.39 bits per heavy atom. The average Bonchev–Trinajstić information content (AvgIpc) is 2.99. The number of urea groups is 1. The Morgan fingerprint density at radius 2 is 1.63 bits per heavy atom. The van der Waals surface area contributed by atoms with Crippen molar-refractivity contribution < 1.29 is 19.1 Å². The first kappa shape index (κ1) is 28.3. The largest absolute Gasteiger partial charge is 0.486 e. The third kappa shape index (κ3) is 7.68. The van der Waals surface area contributed by atoms with Gasteiger partial charge >= 0.3 is 6.03 Å². The monoisotopic (exact) mass is 558 g/mol. The van der Waals surface area contributed by atoms with Gasteiger partial charge in [0, 0.05) is 56.6 Å². The first-order valence-corrected chi connectivity index (χ1v) is 14.1. The predicted molar refractivity (Wildman–Crippen MR) is 161 cm³/mol. The van der Waals surface area contributed by atoms with E-state index in [4.69, 9.17) is 15.2 Å². The number of nitrogens with one attached hydrogen (secondary N) is 2. The molecule has 0 aliphatic carbocycles. The van der Waals surface area contributed by atoms with Crippen LogP contribution < -0.4 is 25.8 Å². The molecule has 0 bridgehead atoms. The van der Waals surface area contributed by atoms with Crippen LogP contribution in [0.2, 0.25) is 0 Å². The number of para-hydroxylation sites is 2. The number of ether oxygens (including phenoxy) is 2. The molecule has 0 radical (unpaired) electrons. The van der Waals surface area contributed by atoms with Gasteiger partial charge in [-0.25, -0.2) is 4.79 Å². The number of nitrogens with two attached hydrogens (primary N) is 1. The number of nitrogen functional groups attached to an aromatic ring is 1. The minimum atomic E-state index is -0.241. The zero-order valence-electron chi connectivity index (χ0n) is 23.5. The molecule has 3 aromatic rings. The third-order valence-corrected chi connectivity index (χ3v) is 7.38. The summed E-state index contributed by atoms with van der Waals surface area (Å²) >= 11 is 0. The highest BCUT2D eigenvalue weighted by Gasteiger charge is 2.19. The van der Waals surface area contributed by atoms with Crippen LogP contribution in [0.15, 0.2) is 66.7 Å². The van der Waals surface area contributed by atoms with Gasteiger partial charge in [0.15, 0.2) is 11.5 Å². The fourth-order valence-corrected chi connectivity index (χ4v) is 4.92. The molecule has 0 aromatic heterocycles. The maximum atomic E-state index is 13.5. The van der Waals surface area contributed by atoms with E-state index in [1.165, 1.54) is 0 Å². The lowest BCUT2D eigenvalue weighted by Gasteiger charge is -2.33. The molecule has 0 saturated carbocycles. The van der Waals surface area contributed by atoms with E-state index < -0.39 is 0 Å². The number of rotatable bonds is 9. The van der Waals surface area contributed by atoms with Crippen molar-refractivity contribution in [2.75, 3.05) is 75.9 Å². The Morgan fingerprint density at radius 1 is 0.902 bits per heavy atom. The minimum Gasteiger partial charge on any atom is -0.486 e. The van der Waals surface area contributed by atoms with E-state index in [1.54, 1.807) is 30.3 Å². The van der Waals surface area contributed by atoms with E-state index in [2.05, 4.69) is 27.5 Å². The fourth-order valence-electron chi connectivity index (χ4n) is 4.92. The summed E-state index contributed by atoms with van der Waals surface area (Å²) in [7, 11) is 2.15. The molecule has 41 heavy (non-hydrogen) atoms. The van der Waals surface area contributed by atoms with E-state index in [-0.39, 0.29) is 11.9 Å². The number of hydrogen-bond donors (Lipinski definition) is 3. The van der Waals surface area contributed by atoms with Crippen LogP contribution in [0.5, 0.6) is 11.5 Å². The lowest BCUT2D eigenvalue weighted by molar-refractivity contribution is 0.102. The summed E-state index contributed by atoms with van der Waals surface area (Å²) in [5, 5.41) is 5.87. The number of anilines is 3. The van der Waals surface area contributed by atoms with Crippen molar-refractivity contribution in [1.29, 1.82) is 0 Å². The van der Waals surface area contributed by atoms with Crippen molar-refractivity contribution in [3.63, 3.8) is 0 Å². The molecule has 10 nitrogen and oxygen atoms in total. The van der Waals surface area contributed by atoms with Crippen LogP contribution in [-0.4, -0.2) is 86.2 Å². The fraction of sp³-hybridized carbons (Fsp3) is 0.355. The van der Waals surface area contributed by atoms with Gasteiger partial charge in [-0.15, -0.1) is 0 Å². The third-order valence-electron chi connectivity index (χ3n) is 7.38. The second kappa shape index (κ2) is 13.4. The molecule has 4 N–H and O–H groups in total. The number of amides is 3. The van der Waals surface area contributed by atoms with Gasteiger partial charge in [-0.2, -0.15) is 0 Å². The van der Waals surface area contributed by atoms with E-state index in [0.717, 1.165) is 44.7 Å². The van der Waals surface area contributed by atoms with Crippen LogP contribution in [0.4, 0.5) is 21.9 Å². The second-order valence-corrected chi connectivity index (χ2v) is 10.4. The van der Waals surface area contributed by atoms with Gasteiger partial charge in [0.2, 0.25) is 0 Å². The van der Waals surface area contributed by atoms with Crippen molar-refractivity contribution in [1.82, 2.24) is 14.7 Å². The maximum Gasteiger partial charge on any atom is 0.322 e. The first-order valence-electron chi connectivity index (χ1n) is 14.1. The van der Waals surface area contributed by atoms with Gasteiger partial charge in [0.05, 0.1) is 11.4 Å². The molecule has 1 fully saturated rings. The maximum absolute atomic E-state index is 13.5. The van der Waals surface area contributed by atoms with Crippen molar-refractivity contribution in [3.05, 3.63) is 77.9 Å². The highest BCUT2D eigenvalue weighted by Crippen LogP contribution is 2.32. The molecule has 1 saturated heterocycles. The Hall–Kier alpha value is -4.28. The molecule has 2 heterocycles. The summed E-state index contributed by atoms with van der Waals surface area (Å²) < 4.78 is 11.3. The molecule has 3 aromatic carbocycles. The summed E-state index contributed by atoms with van der Waals surface area (Å²) in [5.41, 5.74) is 9.13. The topological polar surface area (TPSA) is 112 Å².